The number of aromatic carboxylic acids is 1. The van der Waals surface area contributed by atoms with E-state index in [2.05, 4.69) is 0 Å². The molecule has 2 amide bonds. The van der Waals surface area contributed by atoms with E-state index in [9.17, 15) is 28.7 Å². The molecule has 0 radical (unpaired) electrons. The number of anilines is 1. The molecule has 0 unspecified atom stereocenters. The van der Waals surface area contributed by atoms with E-state index >= 15 is 0 Å². The van der Waals surface area contributed by atoms with Crippen LogP contribution in [0, 0.1) is 5.82 Å². The van der Waals surface area contributed by atoms with Gasteiger partial charge in [-0.15, -0.1) is 0 Å². The number of halogens is 1. The van der Waals surface area contributed by atoms with Gasteiger partial charge in [-0.05, 0) is 13.0 Å². The fraction of sp³-hybridized carbons (Fsp3) is 0.333. The van der Waals surface area contributed by atoms with Crippen LogP contribution >= 0.6 is 0 Å². The Hall–Kier alpha value is -3.43. The van der Waals surface area contributed by atoms with E-state index in [1.54, 1.807) is 11.5 Å². The molecule has 0 fully saturated rings. The summed E-state index contributed by atoms with van der Waals surface area (Å²) in [5.74, 6) is -2.32. The lowest BCUT2D eigenvalue weighted by Crippen LogP contribution is -2.34. The second kappa shape index (κ2) is 7.29. The minimum Gasteiger partial charge on any atom is -0.487 e. The number of likely N-dealkylation sites (N-methyl/N-ethyl adjacent to an activating group) is 1. The SMILES string of the molecule is C[C@@H]1COc2c(N(C=O)CCN(C)C=O)c(F)cc3c(=O)c(C(=O)O)cn1c23. The van der Waals surface area contributed by atoms with Gasteiger partial charge in [0.25, 0.3) is 0 Å². The fourth-order valence-electron chi connectivity index (χ4n) is 3.17. The predicted octanol–water partition coefficient (Wildman–Crippen LogP) is 0.843. The topological polar surface area (TPSA) is 109 Å². The molecule has 1 N–H and O–H groups in total. The number of pyridine rings is 1. The number of ether oxygens (including phenoxy) is 1. The summed E-state index contributed by atoms with van der Waals surface area (Å²) >= 11 is 0. The molecule has 1 aliphatic rings. The quantitative estimate of drug-likeness (QED) is 0.701. The van der Waals surface area contributed by atoms with Crippen LogP contribution < -0.4 is 15.1 Å². The lowest BCUT2D eigenvalue weighted by Gasteiger charge is -2.31. The van der Waals surface area contributed by atoms with Crippen molar-refractivity contribution in [1.82, 2.24) is 9.47 Å². The molecule has 2 heterocycles. The van der Waals surface area contributed by atoms with Crippen molar-refractivity contribution in [3.8, 4) is 5.75 Å². The number of carboxylic acids is 1. The maximum Gasteiger partial charge on any atom is 0.341 e. The molecule has 28 heavy (non-hydrogen) atoms. The molecule has 0 bridgehead atoms. The Bertz CT molecular complexity index is 1030. The van der Waals surface area contributed by atoms with Gasteiger partial charge in [-0.3, -0.25) is 14.4 Å². The number of benzene rings is 1. The van der Waals surface area contributed by atoms with E-state index < -0.39 is 22.8 Å². The van der Waals surface area contributed by atoms with Crippen LogP contribution in [-0.2, 0) is 9.59 Å². The van der Waals surface area contributed by atoms with Crippen LogP contribution in [-0.4, -0.2) is 60.1 Å². The number of hydrogen-bond acceptors (Lipinski definition) is 5. The summed E-state index contributed by atoms with van der Waals surface area (Å²) < 4.78 is 22.1. The number of carbonyl (C=O) groups is 3. The highest BCUT2D eigenvalue weighted by Crippen LogP contribution is 2.41. The molecule has 1 aromatic carbocycles. The average Bonchev–Trinajstić information content (AvgIpc) is 2.67. The predicted molar refractivity (Wildman–Crippen MR) is 97.4 cm³/mol. The zero-order valence-corrected chi connectivity index (χ0v) is 15.2. The van der Waals surface area contributed by atoms with Crippen LogP contribution in [0.2, 0.25) is 0 Å². The van der Waals surface area contributed by atoms with E-state index in [-0.39, 0.29) is 48.1 Å². The third-order valence-electron chi connectivity index (χ3n) is 4.66. The zero-order valence-electron chi connectivity index (χ0n) is 15.2. The first kappa shape index (κ1) is 19.3. The Morgan fingerprint density at radius 2 is 2.11 bits per heavy atom. The van der Waals surface area contributed by atoms with Gasteiger partial charge in [-0.25, -0.2) is 9.18 Å². The van der Waals surface area contributed by atoms with Gasteiger partial charge in [0.2, 0.25) is 18.2 Å². The maximum atomic E-state index is 14.9. The number of carbonyl (C=O) groups excluding carboxylic acids is 2. The Morgan fingerprint density at radius 1 is 1.39 bits per heavy atom. The summed E-state index contributed by atoms with van der Waals surface area (Å²) in [6.45, 7) is 2.02. The highest BCUT2D eigenvalue weighted by Gasteiger charge is 2.30. The molecule has 1 aliphatic heterocycles. The van der Waals surface area contributed by atoms with Gasteiger partial charge in [0, 0.05) is 26.3 Å². The largest absolute Gasteiger partial charge is 0.487 e. The van der Waals surface area contributed by atoms with Crippen molar-refractivity contribution in [3.63, 3.8) is 0 Å². The molecule has 0 spiro atoms. The minimum absolute atomic E-state index is 0.00449. The molecule has 0 saturated heterocycles. The summed E-state index contributed by atoms with van der Waals surface area (Å²) in [5, 5.41) is 9.15. The molecular formula is C18H18FN3O6. The molecule has 0 saturated carbocycles. The van der Waals surface area contributed by atoms with Gasteiger partial charge in [0.1, 0.15) is 17.9 Å². The van der Waals surface area contributed by atoms with Gasteiger partial charge in [-0.1, -0.05) is 0 Å². The minimum atomic E-state index is -1.41. The molecule has 1 atom stereocenters. The normalized spacial score (nSPS) is 15.0. The third kappa shape index (κ3) is 3.06. The lowest BCUT2D eigenvalue weighted by molar-refractivity contribution is -0.117. The van der Waals surface area contributed by atoms with Gasteiger partial charge >= 0.3 is 5.97 Å². The Balaban J connectivity index is 2.27. The van der Waals surface area contributed by atoms with Crippen LogP contribution in [0.4, 0.5) is 10.1 Å². The number of amides is 2. The highest BCUT2D eigenvalue weighted by molar-refractivity contribution is 5.98. The monoisotopic (exact) mass is 391 g/mol. The zero-order chi connectivity index (χ0) is 20.6. The number of aromatic nitrogens is 1. The maximum absolute atomic E-state index is 14.9. The molecule has 9 nitrogen and oxygen atoms in total. The Labute approximate surface area is 158 Å². The molecule has 2 aromatic rings. The van der Waals surface area contributed by atoms with Crippen LogP contribution in [0.3, 0.4) is 0 Å². The van der Waals surface area contributed by atoms with Crippen LogP contribution in [0.25, 0.3) is 10.9 Å². The third-order valence-corrected chi connectivity index (χ3v) is 4.66. The van der Waals surface area contributed by atoms with Crippen LogP contribution in [0.5, 0.6) is 5.75 Å². The first-order valence-corrected chi connectivity index (χ1v) is 8.45. The Morgan fingerprint density at radius 3 is 2.71 bits per heavy atom. The second-order valence-corrected chi connectivity index (χ2v) is 6.56. The summed E-state index contributed by atoms with van der Waals surface area (Å²) in [5.41, 5.74) is -1.24. The van der Waals surface area contributed by atoms with Crippen molar-refractivity contribution in [3.05, 3.63) is 33.9 Å². The molecule has 1 aromatic heterocycles. The van der Waals surface area contributed by atoms with Gasteiger partial charge in [0.15, 0.2) is 11.6 Å². The van der Waals surface area contributed by atoms with Gasteiger partial charge in [-0.2, -0.15) is 0 Å². The number of nitrogens with zero attached hydrogens (tertiary/aromatic N) is 3. The summed E-state index contributed by atoms with van der Waals surface area (Å²) in [6.07, 6.45) is 2.19. The van der Waals surface area contributed by atoms with Crippen molar-refractivity contribution in [2.75, 3.05) is 31.6 Å². The lowest BCUT2D eigenvalue weighted by atomic mass is 10.1. The first-order valence-electron chi connectivity index (χ1n) is 8.45. The van der Waals surface area contributed by atoms with Crippen molar-refractivity contribution in [2.24, 2.45) is 0 Å². The molecule has 10 heteroatoms. The van der Waals surface area contributed by atoms with Crippen molar-refractivity contribution in [1.29, 1.82) is 0 Å². The van der Waals surface area contributed by atoms with E-state index in [1.165, 1.54) is 18.1 Å². The van der Waals surface area contributed by atoms with Gasteiger partial charge in [0.05, 0.1) is 16.9 Å². The average molecular weight is 391 g/mol. The second-order valence-electron chi connectivity index (χ2n) is 6.56. The first-order chi connectivity index (χ1) is 13.3. The van der Waals surface area contributed by atoms with E-state index in [0.717, 1.165) is 11.0 Å². The molecular weight excluding hydrogens is 373 g/mol. The van der Waals surface area contributed by atoms with Crippen molar-refractivity contribution >= 4 is 35.4 Å². The standard InChI is InChI=1S/C18H18FN3O6/c1-10-7-28-17-14-11(16(25)12(18(26)27)6-22(10)14)5-13(19)15(17)21(9-24)4-3-20(2)8-23/h5-6,8-10H,3-4,7H2,1-2H3,(H,26,27)/t10-/m1/s1. The number of hydrogen-bond donors (Lipinski definition) is 1. The fourth-order valence-corrected chi connectivity index (χ4v) is 3.17. The van der Waals surface area contributed by atoms with E-state index in [1.807, 2.05) is 0 Å². The molecule has 3 rings (SSSR count). The highest BCUT2D eigenvalue weighted by atomic mass is 19.1. The number of carboxylic acid groups (broad SMARTS) is 1. The van der Waals surface area contributed by atoms with Gasteiger partial charge < -0.3 is 24.2 Å². The molecule has 148 valence electrons. The van der Waals surface area contributed by atoms with Crippen molar-refractivity contribution in [2.45, 2.75) is 13.0 Å². The summed E-state index contributed by atoms with van der Waals surface area (Å²) in [4.78, 5) is 48.6. The molecule has 0 aliphatic carbocycles. The number of rotatable bonds is 7. The van der Waals surface area contributed by atoms with E-state index in [4.69, 9.17) is 4.74 Å². The Kier molecular flexibility index (Phi) is 5.04. The summed E-state index contributed by atoms with van der Waals surface area (Å²) in [7, 11) is 1.51. The van der Waals surface area contributed by atoms with Crippen LogP contribution in [0.1, 0.15) is 23.3 Å². The smallest absolute Gasteiger partial charge is 0.341 e. The van der Waals surface area contributed by atoms with Crippen LogP contribution in [0.15, 0.2) is 17.1 Å². The summed E-state index contributed by atoms with van der Waals surface area (Å²) in [6, 6.07) is 0.610. The van der Waals surface area contributed by atoms with Crippen molar-refractivity contribution < 1.29 is 28.6 Å². The van der Waals surface area contributed by atoms with E-state index in [0.29, 0.717) is 12.8 Å².